The lowest BCUT2D eigenvalue weighted by Crippen LogP contribution is -2.36. The minimum Gasteiger partial charge on any atom is -0.333 e. The Morgan fingerprint density at radius 2 is 1.61 bits per heavy atom. The van der Waals surface area contributed by atoms with E-state index in [1.54, 1.807) is 6.07 Å². The number of benzene rings is 2. The Labute approximate surface area is 179 Å². The van der Waals surface area contributed by atoms with Gasteiger partial charge in [-0.1, -0.05) is 42.5 Å². The fraction of sp³-hybridized carbons (Fsp3) is 0.261. The van der Waals surface area contributed by atoms with Gasteiger partial charge in [-0.05, 0) is 31.8 Å². The monoisotopic (exact) mass is 428 g/mol. The molecule has 0 unspecified atom stereocenters. The summed E-state index contributed by atoms with van der Waals surface area (Å²) in [7, 11) is 3.73. The third-order valence-electron chi connectivity index (χ3n) is 4.66. The maximum atomic E-state index is 13.1. The molecule has 8 heteroatoms. The molecule has 0 saturated heterocycles. The molecule has 3 rings (SSSR count). The topological polar surface area (TPSA) is 49.3 Å². The first-order valence-corrected chi connectivity index (χ1v) is 9.71. The van der Waals surface area contributed by atoms with E-state index in [0.717, 1.165) is 17.7 Å². The molecule has 0 aliphatic rings. The number of carbonyl (C=O) groups excluding carboxylic acids is 1. The molecule has 1 aromatic heterocycles. The number of nitrogens with zero attached hydrogens (tertiary/aromatic N) is 4. The lowest BCUT2D eigenvalue weighted by molar-refractivity contribution is -0.137. The van der Waals surface area contributed by atoms with Crippen molar-refractivity contribution in [2.75, 3.05) is 27.2 Å². The van der Waals surface area contributed by atoms with E-state index in [0.29, 0.717) is 24.5 Å². The van der Waals surface area contributed by atoms with E-state index >= 15 is 0 Å². The summed E-state index contributed by atoms with van der Waals surface area (Å²) in [6.45, 7) is 0.965. The first kappa shape index (κ1) is 22.4. The molecule has 162 valence electrons. The number of amides is 1. The highest BCUT2D eigenvalue weighted by atomic mass is 19.4. The molecule has 1 heterocycles. The lowest BCUT2D eigenvalue weighted by Gasteiger charge is -2.25. The summed E-state index contributed by atoms with van der Waals surface area (Å²) >= 11 is 0. The number of likely N-dealkylation sites (N-methyl/N-ethyl adjacent to an activating group) is 1. The zero-order chi connectivity index (χ0) is 22.4. The van der Waals surface area contributed by atoms with Gasteiger partial charge >= 0.3 is 6.18 Å². The van der Waals surface area contributed by atoms with Gasteiger partial charge in [0, 0.05) is 37.6 Å². The average Bonchev–Trinajstić information content (AvgIpc) is 2.76. The van der Waals surface area contributed by atoms with Crippen LogP contribution in [0.15, 0.2) is 67.0 Å². The second-order valence-corrected chi connectivity index (χ2v) is 7.39. The van der Waals surface area contributed by atoms with Crippen LogP contribution < -0.4 is 0 Å². The van der Waals surface area contributed by atoms with E-state index in [-0.39, 0.29) is 18.0 Å². The summed E-state index contributed by atoms with van der Waals surface area (Å²) in [5.41, 5.74) is 0.782. The SMILES string of the molecule is CN(C)CCN(Cc1cccc(C(F)(F)F)c1)C(=O)c1cnc(-c2ccccc2)nc1. The zero-order valence-electron chi connectivity index (χ0n) is 17.3. The molecule has 5 nitrogen and oxygen atoms in total. The highest BCUT2D eigenvalue weighted by molar-refractivity contribution is 5.93. The summed E-state index contributed by atoms with van der Waals surface area (Å²) in [6, 6.07) is 14.4. The standard InChI is InChI=1S/C23H23F3N4O/c1-29(2)11-12-30(16-17-7-6-10-20(13-17)23(24,25)26)22(31)19-14-27-21(28-15-19)18-8-4-3-5-9-18/h3-10,13-15H,11-12,16H2,1-2H3. The van der Waals surface area contributed by atoms with Crippen molar-refractivity contribution in [2.45, 2.75) is 12.7 Å². The average molecular weight is 428 g/mol. The van der Waals surface area contributed by atoms with Gasteiger partial charge in [-0.15, -0.1) is 0 Å². The second-order valence-electron chi connectivity index (χ2n) is 7.39. The van der Waals surface area contributed by atoms with Gasteiger partial charge in [0.15, 0.2) is 5.82 Å². The minimum atomic E-state index is -4.43. The van der Waals surface area contributed by atoms with Crippen LogP contribution in [0.5, 0.6) is 0 Å². The number of carbonyl (C=O) groups is 1. The number of halogens is 3. The van der Waals surface area contributed by atoms with Gasteiger partial charge in [0.25, 0.3) is 5.91 Å². The van der Waals surface area contributed by atoms with Gasteiger partial charge in [-0.25, -0.2) is 9.97 Å². The van der Waals surface area contributed by atoms with Crippen molar-refractivity contribution < 1.29 is 18.0 Å². The van der Waals surface area contributed by atoms with E-state index < -0.39 is 11.7 Å². The number of alkyl halides is 3. The van der Waals surface area contributed by atoms with Gasteiger partial charge in [0.1, 0.15) is 0 Å². The van der Waals surface area contributed by atoms with Gasteiger partial charge in [0.05, 0.1) is 11.1 Å². The van der Waals surface area contributed by atoms with Crippen LogP contribution in [-0.4, -0.2) is 52.9 Å². The third kappa shape index (κ3) is 6.11. The summed E-state index contributed by atoms with van der Waals surface area (Å²) in [6.07, 6.45) is -1.53. The molecule has 0 saturated carbocycles. The molecule has 0 aliphatic carbocycles. The number of hydrogen-bond acceptors (Lipinski definition) is 4. The van der Waals surface area contributed by atoms with Crippen molar-refractivity contribution >= 4 is 5.91 Å². The molecular formula is C23H23F3N4O. The van der Waals surface area contributed by atoms with Crippen molar-refractivity contribution in [3.05, 3.63) is 83.7 Å². The van der Waals surface area contributed by atoms with Crippen molar-refractivity contribution in [1.82, 2.24) is 19.8 Å². The Morgan fingerprint density at radius 3 is 2.23 bits per heavy atom. The fourth-order valence-electron chi connectivity index (χ4n) is 3.00. The molecular weight excluding hydrogens is 405 g/mol. The quantitative estimate of drug-likeness (QED) is 0.561. The molecule has 0 bridgehead atoms. The van der Waals surface area contributed by atoms with E-state index in [1.165, 1.54) is 23.4 Å². The summed E-state index contributed by atoms with van der Waals surface area (Å²) < 4.78 is 39.2. The number of rotatable bonds is 7. The Bertz CT molecular complexity index is 1010. The summed E-state index contributed by atoms with van der Waals surface area (Å²) in [5.74, 6) is 0.161. The van der Waals surface area contributed by atoms with Gasteiger partial charge < -0.3 is 9.80 Å². The number of aromatic nitrogens is 2. The van der Waals surface area contributed by atoms with Crippen LogP contribution in [0.1, 0.15) is 21.5 Å². The minimum absolute atomic E-state index is 0.0526. The summed E-state index contributed by atoms with van der Waals surface area (Å²) in [4.78, 5) is 25.1. The van der Waals surface area contributed by atoms with Crippen LogP contribution in [0.2, 0.25) is 0 Å². The Morgan fingerprint density at radius 1 is 0.935 bits per heavy atom. The van der Waals surface area contributed by atoms with Gasteiger partial charge in [-0.3, -0.25) is 4.79 Å². The third-order valence-corrected chi connectivity index (χ3v) is 4.66. The van der Waals surface area contributed by atoms with E-state index in [9.17, 15) is 18.0 Å². The van der Waals surface area contributed by atoms with Crippen LogP contribution in [0.3, 0.4) is 0 Å². The summed E-state index contributed by atoms with van der Waals surface area (Å²) in [5, 5.41) is 0. The van der Waals surface area contributed by atoms with E-state index in [2.05, 4.69) is 9.97 Å². The first-order valence-electron chi connectivity index (χ1n) is 9.71. The lowest BCUT2D eigenvalue weighted by atomic mass is 10.1. The number of hydrogen-bond donors (Lipinski definition) is 0. The maximum absolute atomic E-state index is 13.1. The van der Waals surface area contributed by atoms with Crippen molar-refractivity contribution in [3.63, 3.8) is 0 Å². The Hall–Kier alpha value is -3.26. The molecule has 0 atom stereocenters. The Balaban J connectivity index is 1.82. The van der Waals surface area contributed by atoms with Crippen LogP contribution in [0.4, 0.5) is 13.2 Å². The zero-order valence-corrected chi connectivity index (χ0v) is 17.3. The molecule has 3 aromatic rings. The van der Waals surface area contributed by atoms with E-state index in [1.807, 2.05) is 49.3 Å². The maximum Gasteiger partial charge on any atom is 0.416 e. The highest BCUT2D eigenvalue weighted by Gasteiger charge is 2.30. The van der Waals surface area contributed by atoms with Crippen LogP contribution in [0.25, 0.3) is 11.4 Å². The van der Waals surface area contributed by atoms with Crippen LogP contribution in [-0.2, 0) is 12.7 Å². The molecule has 0 fully saturated rings. The van der Waals surface area contributed by atoms with Crippen molar-refractivity contribution in [3.8, 4) is 11.4 Å². The molecule has 0 spiro atoms. The van der Waals surface area contributed by atoms with Gasteiger partial charge in [-0.2, -0.15) is 13.2 Å². The molecule has 0 radical (unpaired) electrons. The normalized spacial score (nSPS) is 11.5. The van der Waals surface area contributed by atoms with Crippen molar-refractivity contribution in [1.29, 1.82) is 0 Å². The molecule has 2 aromatic carbocycles. The molecule has 1 amide bonds. The second kappa shape index (κ2) is 9.70. The van der Waals surface area contributed by atoms with Crippen molar-refractivity contribution in [2.24, 2.45) is 0 Å². The van der Waals surface area contributed by atoms with Crippen LogP contribution in [0, 0.1) is 0 Å². The van der Waals surface area contributed by atoms with Crippen LogP contribution >= 0.6 is 0 Å². The Kier molecular flexibility index (Phi) is 7.02. The predicted octanol–water partition coefficient (Wildman–Crippen LogP) is 4.37. The first-order chi connectivity index (χ1) is 14.7. The van der Waals surface area contributed by atoms with E-state index in [4.69, 9.17) is 0 Å². The highest BCUT2D eigenvalue weighted by Crippen LogP contribution is 2.29. The predicted molar refractivity (Wildman–Crippen MR) is 112 cm³/mol. The smallest absolute Gasteiger partial charge is 0.333 e. The molecule has 0 aliphatic heterocycles. The van der Waals surface area contributed by atoms with Gasteiger partial charge in [0.2, 0.25) is 0 Å². The molecule has 31 heavy (non-hydrogen) atoms. The molecule has 0 N–H and O–H groups in total. The fourth-order valence-corrected chi connectivity index (χ4v) is 3.00. The largest absolute Gasteiger partial charge is 0.416 e.